The van der Waals surface area contributed by atoms with Crippen LogP contribution in [0, 0.1) is 5.82 Å². The van der Waals surface area contributed by atoms with E-state index in [1.165, 1.54) is 17.2 Å². The van der Waals surface area contributed by atoms with Crippen LogP contribution in [0.3, 0.4) is 0 Å². The molecule has 0 aliphatic heterocycles. The quantitative estimate of drug-likeness (QED) is 0.270. The second-order valence-electron chi connectivity index (χ2n) is 8.90. The van der Waals surface area contributed by atoms with Gasteiger partial charge in [-0.2, -0.15) is 0 Å². The van der Waals surface area contributed by atoms with E-state index in [0.29, 0.717) is 12.1 Å². The zero-order chi connectivity index (χ0) is 24.7. The van der Waals surface area contributed by atoms with E-state index in [9.17, 15) is 9.18 Å². The molecule has 1 atom stereocenters. The molecule has 5 rings (SSSR count). The number of carbonyl (C=O) groups is 1. The number of nitrogens with one attached hydrogen (secondary N) is 1. The predicted octanol–water partition coefficient (Wildman–Crippen LogP) is 6.33. The van der Waals surface area contributed by atoms with Crippen molar-refractivity contribution in [2.45, 2.75) is 24.7 Å². The summed E-state index contributed by atoms with van der Waals surface area (Å²) in [5.74, 6) is -0.722. The number of fused-ring (bicyclic) bond motifs is 1. The molecule has 36 heavy (non-hydrogen) atoms. The molecular formula is C31H28FN3O. The SMILES string of the molecule is O=C(CC(c1ccccc1F)c1cnc2ccccn12)NCCC(c1ccccc1)c1ccccc1. The van der Waals surface area contributed by atoms with Gasteiger partial charge in [-0.25, -0.2) is 9.37 Å². The molecule has 0 spiro atoms. The minimum Gasteiger partial charge on any atom is -0.356 e. The summed E-state index contributed by atoms with van der Waals surface area (Å²) in [7, 11) is 0. The highest BCUT2D eigenvalue weighted by molar-refractivity contribution is 5.77. The van der Waals surface area contributed by atoms with Gasteiger partial charge in [0, 0.05) is 37.2 Å². The number of nitrogens with zero attached hydrogens (tertiary/aromatic N) is 2. The molecule has 0 fully saturated rings. The molecule has 0 saturated carbocycles. The van der Waals surface area contributed by atoms with Crippen LogP contribution in [0.2, 0.25) is 0 Å². The first-order valence-corrected chi connectivity index (χ1v) is 12.2. The van der Waals surface area contributed by atoms with Crippen molar-refractivity contribution in [2.75, 3.05) is 6.54 Å². The van der Waals surface area contributed by atoms with Gasteiger partial charge in [0.2, 0.25) is 5.91 Å². The van der Waals surface area contributed by atoms with Crippen molar-refractivity contribution in [3.8, 4) is 0 Å². The molecule has 5 aromatic rings. The fourth-order valence-corrected chi connectivity index (χ4v) is 4.85. The van der Waals surface area contributed by atoms with Crippen molar-refractivity contribution >= 4 is 11.6 Å². The third kappa shape index (κ3) is 5.20. The first kappa shape index (κ1) is 23.5. The standard InChI is InChI=1S/C31H28FN3O/c32-28-16-8-7-15-26(28)27(29-22-34-30-17-9-10-20-35(29)30)21-31(36)33-19-18-25(23-11-3-1-4-12-23)24-13-5-2-6-14-24/h1-17,20,22,25,27H,18-19,21H2,(H,33,36). The molecule has 1 N–H and O–H groups in total. The summed E-state index contributed by atoms with van der Waals surface area (Å²) in [4.78, 5) is 17.6. The zero-order valence-corrected chi connectivity index (χ0v) is 19.9. The minimum absolute atomic E-state index is 0.117. The third-order valence-corrected chi connectivity index (χ3v) is 6.63. The average Bonchev–Trinajstić information content (AvgIpc) is 3.35. The summed E-state index contributed by atoms with van der Waals surface area (Å²) in [6.45, 7) is 0.518. The van der Waals surface area contributed by atoms with E-state index in [4.69, 9.17) is 0 Å². The van der Waals surface area contributed by atoms with Crippen LogP contribution in [-0.2, 0) is 4.79 Å². The molecule has 5 heteroatoms. The summed E-state index contributed by atoms with van der Waals surface area (Å²) >= 11 is 0. The fourth-order valence-electron chi connectivity index (χ4n) is 4.85. The third-order valence-electron chi connectivity index (χ3n) is 6.63. The molecule has 2 aromatic heterocycles. The molecule has 4 nitrogen and oxygen atoms in total. The number of imidazole rings is 1. The van der Waals surface area contributed by atoms with E-state index in [2.05, 4.69) is 34.6 Å². The summed E-state index contributed by atoms with van der Waals surface area (Å²) in [6.07, 6.45) is 4.53. The van der Waals surface area contributed by atoms with E-state index in [1.54, 1.807) is 24.4 Å². The van der Waals surface area contributed by atoms with Gasteiger partial charge in [-0.15, -0.1) is 0 Å². The van der Waals surface area contributed by atoms with E-state index in [0.717, 1.165) is 17.8 Å². The smallest absolute Gasteiger partial charge is 0.221 e. The van der Waals surface area contributed by atoms with E-state index in [1.807, 2.05) is 65.2 Å². The average molecular weight is 478 g/mol. The number of carbonyl (C=O) groups excluding carboxylic acids is 1. The molecule has 3 aromatic carbocycles. The van der Waals surface area contributed by atoms with Gasteiger partial charge in [-0.05, 0) is 41.3 Å². The monoisotopic (exact) mass is 477 g/mol. The van der Waals surface area contributed by atoms with Crippen LogP contribution >= 0.6 is 0 Å². The Kier molecular flexibility index (Phi) is 7.17. The normalized spacial score (nSPS) is 12.1. The lowest BCUT2D eigenvalue weighted by molar-refractivity contribution is -0.121. The van der Waals surface area contributed by atoms with Crippen LogP contribution in [0.5, 0.6) is 0 Å². The lowest BCUT2D eigenvalue weighted by atomic mass is 9.88. The Morgan fingerprint density at radius 2 is 1.44 bits per heavy atom. The van der Waals surface area contributed by atoms with Gasteiger partial charge in [-0.3, -0.25) is 4.79 Å². The van der Waals surface area contributed by atoms with Gasteiger partial charge in [0.25, 0.3) is 0 Å². The molecule has 0 aliphatic carbocycles. The summed E-state index contributed by atoms with van der Waals surface area (Å²) in [5.41, 5.74) is 4.48. The predicted molar refractivity (Wildman–Crippen MR) is 140 cm³/mol. The second kappa shape index (κ2) is 11.0. The number of aromatic nitrogens is 2. The number of rotatable bonds is 9. The van der Waals surface area contributed by atoms with Gasteiger partial charge in [0.1, 0.15) is 11.5 Å². The Labute approximate surface area is 210 Å². The highest BCUT2D eigenvalue weighted by atomic mass is 19.1. The van der Waals surface area contributed by atoms with Gasteiger partial charge >= 0.3 is 0 Å². The van der Waals surface area contributed by atoms with Crippen molar-refractivity contribution in [3.05, 3.63) is 144 Å². The molecule has 0 aliphatic rings. The summed E-state index contributed by atoms with van der Waals surface area (Å²) in [5, 5.41) is 3.09. The number of pyridine rings is 1. The Balaban J connectivity index is 1.33. The Morgan fingerprint density at radius 1 is 0.806 bits per heavy atom. The van der Waals surface area contributed by atoms with Crippen LogP contribution in [0.15, 0.2) is 116 Å². The molecule has 1 unspecified atom stereocenters. The van der Waals surface area contributed by atoms with Crippen molar-refractivity contribution < 1.29 is 9.18 Å². The largest absolute Gasteiger partial charge is 0.356 e. The maximum absolute atomic E-state index is 14.9. The van der Waals surface area contributed by atoms with Crippen molar-refractivity contribution in [1.82, 2.24) is 14.7 Å². The van der Waals surface area contributed by atoms with Crippen LogP contribution in [0.4, 0.5) is 4.39 Å². The Morgan fingerprint density at radius 3 is 2.14 bits per heavy atom. The van der Waals surface area contributed by atoms with Crippen LogP contribution in [-0.4, -0.2) is 21.8 Å². The Hall–Kier alpha value is -4.25. The maximum Gasteiger partial charge on any atom is 0.221 e. The van der Waals surface area contributed by atoms with Gasteiger partial charge < -0.3 is 9.72 Å². The fraction of sp³-hybridized carbons (Fsp3) is 0.161. The minimum atomic E-state index is -0.456. The highest BCUT2D eigenvalue weighted by Crippen LogP contribution is 2.31. The zero-order valence-electron chi connectivity index (χ0n) is 19.9. The van der Waals surface area contributed by atoms with Crippen LogP contribution in [0.25, 0.3) is 5.65 Å². The first-order chi connectivity index (χ1) is 17.7. The molecule has 2 heterocycles. The van der Waals surface area contributed by atoms with E-state index < -0.39 is 5.92 Å². The van der Waals surface area contributed by atoms with E-state index >= 15 is 0 Å². The topological polar surface area (TPSA) is 46.4 Å². The highest BCUT2D eigenvalue weighted by Gasteiger charge is 2.24. The summed E-state index contributed by atoms with van der Waals surface area (Å²) in [6, 6.07) is 33.0. The molecule has 1 amide bonds. The maximum atomic E-state index is 14.9. The van der Waals surface area contributed by atoms with Crippen molar-refractivity contribution in [3.63, 3.8) is 0 Å². The van der Waals surface area contributed by atoms with Crippen molar-refractivity contribution in [1.29, 1.82) is 0 Å². The molecule has 0 saturated heterocycles. The molecular weight excluding hydrogens is 449 g/mol. The number of amides is 1. The molecule has 0 bridgehead atoms. The number of hydrogen-bond donors (Lipinski definition) is 1. The summed E-state index contributed by atoms with van der Waals surface area (Å²) < 4.78 is 16.8. The number of benzene rings is 3. The van der Waals surface area contributed by atoms with E-state index in [-0.39, 0.29) is 24.1 Å². The van der Waals surface area contributed by atoms with Gasteiger partial charge in [0.05, 0.1) is 5.69 Å². The Bertz CT molecular complexity index is 1390. The first-order valence-electron chi connectivity index (χ1n) is 12.2. The number of hydrogen-bond acceptors (Lipinski definition) is 2. The second-order valence-corrected chi connectivity index (χ2v) is 8.90. The lowest BCUT2D eigenvalue weighted by Gasteiger charge is -2.20. The molecule has 180 valence electrons. The molecule has 0 radical (unpaired) electrons. The van der Waals surface area contributed by atoms with Crippen molar-refractivity contribution in [2.24, 2.45) is 0 Å². The number of halogens is 1. The van der Waals surface area contributed by atoms with Gasteiger partial charge in [0.15, 0.2) is 0 Å². The van der Waals surface area contributed by atoms with Crippen LogP contribution < -0.4 is 5.32 Å². The van der Waals surface area contributed by atoms with Gasteiger partial charge in [-0.1, -0.05) is 84.9 Å². The lowest BCUT2D eigenvalue weighted by Crippen LogP contribution is -2.28. The van der Waals surface area contributed by atoms with Crippen LogP contribution in [0.1, 0.15) is 47.1 Å².